The highest BCUT2D eigenvalue weighted by atomic mass is 32.2. The van der Waals surface area contributed by atoms with E-state index in [2.05, 4.69) is 9.71 Å². The molecule has 2 N–H and O–H groups in total. The van der Waals surface area contributed by atoms with Gasteiger partial charge in [0.25, 0.3) is 0 Å². The molecule has 1 heterocycles. The Morgan fingerprint density at radius 2 is 1.78 bits per heavy atom. The fourth-order valence-electron chi connectivity index (χ4n) is 2.72. The van der Waals surface area contributed by atoms with Crippen LogP contribution in [-0.4, -0.2) is 36.3 Å². The maximum absolute atomic E-state index is 11.9. The number of carbonyl (C=O) groups is 1. The Bertz CT molecular complexity index is 865. The van der Waals surface area contributed by atoms with Gasteiger partial charge in [0.1, 0.15) is 0 Å². The van der Waals surface area contributed by atoms with E-state index in [4.69, 9.17) is 5.11 Å². The molecule has 0 amide bonds. The highest BCUT2D eigenvalue weighted by Crippen LogP contribution is 2.16. The molecule has 0 saturated carbocycles. The van der Waals surface area contributed by atoms with Crippen LogP contribution in [0.3, 0.4) is 0 Å². The molecule has 6 nitrogen and oxygen atoms in total. The van der Waals surface area contributed by atoms with E-state index >= 15 is 0 Å². The zero-order chi connectivity index (χ0) is 19.9. The van der Waals surface area contributed by atoms with E-state index in [1.54, 1.807) is 26.2 Å². The van der Waals surface area contributed by atoms with Gasteiger partial charge in [-0.2, -0.15) is 0 Å². The van der Waals surface area contributed by atoms with Gasteiger partial charge in [0.05, 0.1) is 5.25 Å². The quantitative estimate of drug-likeness (QED) is 0.650. The van der Waals surface area contributed by atoms with Gasteiger partial charge in [0, 0.05) is 25.4 Å². The number of benzene rings is 1. The molecule has 0 bridgehead atoms. The Balaban J connectivity index is 2.15. The third-order valence-electron chi connectivity index (χ3n) is 4.21. The van der Waals surface area contributed by atoms with E-state index in [0.29, 0.717) is 25.8 Å². The zero-order valence-electron chi connectivity index (χ0n) is 15.7. The fourth-order valence-corrected chi connectivity index (χ4v) is 3.44. The molecule has 1 aromatic heterocycles. The molecule has 0 atom stereocenters. The lowest BCUT2D eigenvalue weighted by Crippen LogP contribution is -2.32. The Hall–Kier alpha value is -2.25. The topological polar surface area (TPSA) is 96.4 Å². The first-order valence-electron chi connectivity index (χ1n) is 8.97. The second-order valence-corrected chi connectivity index (χ2v) is 9.15. The standard InChI is InChI=1S/C20H26N2O4S/c1-15(2)27(25,26)22-9-7-17-10-16(5-6-20(23)24)11-19(12-17)13-18-4-3-8-21-14-18/h3-4,8,10-12,14-15,22H,5-7,9,13H2,1-2H3,(H,23,24). The Morgan fingerprint density at radius 1 is 1.11 bits per heavy atom. The zero-order valence-corrected chi connectivity index (χ0v) is 16.5. The minimum Gasteiger partial charge on any atom is -0.481 e. The van der Waals surface area contributed by atoms with Gasteiger partial charge in [-0.3, -0.25) is 9.78 Å². The van der Waals surface area contributed by atoms with Gasteiger partial charge in [-0.15, -0.1) is 0 Å². The molecule has 0 spiro atoms. The summed E-state index contributed by atoms with van der Waals surface area (Å²) in [6.07, 6.45) is 5.28. The van der Waals surface area contributed by atoms with Gasteiger partial charge < -0.3 is 5.11 Å². The number of nitrogens with zero attached hydrogens (tertiary/aromatic N) is 1. The number of sulfonamides is 1. The average Bonchev–Trinajstić information content (AvgIpc) is 2.60. The number of hydrogen-bond acceptors (Lipinski definition) is 4. The van der Waals surface area contributed by atoms with E-state index in [1.807, 2.05) is 30.3 Å². The second-order valence-electron chi connectivity index (χ2n) is 6.83. The minimum atomic E-state index is -3.29. The first kappa shape index (κ1) is 21.1. The number of rotatable bonds is 10. The summed E-state index contributed by atoms with van der Waals surface area (Å²) in [7, 11) is -3.29. The number of carboxylic acids is 1. The van der Waals surface area contributed by atoms with Crippen LogP contribution < -0.4 is 4.72 Å². The Kier molecular flexibility index (Phi) is 7.50. The van der Waals surface area contributed by atoms with Crippen LogP contribution in [-0.2, 0) is 34.1 Å². The van der Waals surface area contributed by atoms with Crippen LogP contribution in [0.5, 0.6) is 0 Å². The summed E-state index contributed by atoms with van der Waals surface area (Å²) in [6, 6.07) is 9.89. The molecule has 0 saturated heterocycles. The molecule has 2 aromatic rings. The number of carboxylic acid groups (broad SMARTS) is 1. The normalized spacial score (nSPS) is 11.7. The first-order valence-corrected chi connectivity index (χ1v) is 10.5. The van der Waals surface area contributed by atoms with Crippen molar-refractivity contribution in [2.45, 2.75) is 44.8 Å². The van der Waals surface area contributed by atoms with E-state index in [1.165, 1.54) is 0 Å². The number of hydrogen-bond donors (Lipinski definition) is 2. The molecule has 27 heavy (non-hydrogen) atoms. The van der Waals surface area contributed by atoms with E-state index < -0.39 is 21.2 Å². The van der Waals surface area contributed by atoms with Gasteiger partial charge in [-0.05, 0) is 61.4 Å². The highest BCUT2D eigenvalue weighted by Gasteiger charge is 2.14. The van der Waals surface area contributed by atoms with Crippen LogP contribution in [0.15, 0.2) is 42.7 Å². The molecule has 0 aliphatic rings. The largest absolute Gasteiger partial charge is 0.481 e. The molecular formula is C20H26N2O4S. The monoisotopic (exact) mass is 390 g/mol. The van der Waals surface area contributed by atoms with Crippen molar-refractivity contribution in [1.29, 1.82) is 0 Å². The van der Waals surface area contributed by atoms with Crippen molar-refractivity contribution in [3.8, 4) is 0 Å². The van der Waals surface area contributed by atoms with E-state index in [0.717, 1.165) is 22.3 Å². The SMILES string of the molecule is CC(C)S(=O)(=O)NCCc1cc(CCC(=O)O)cc(Cc2cccnc2)c1. The van der Waals surface area contributed by atoms with Crippen LogP contribution >= 0.6 is 0 Å². The van der Waals surface area contributed by atoms with Crippen LogP contribution in [0.4, 0.5) is 0 Å². The van der Waals surface area contributed by atoms with Gasteiger partial charge >= 0.3 is 5.97 Å². The molecule has 0 aliphatic heterocycles. The maximum atomic E-state index is 11.9. The highest BCUT2D eigenvalue weighted by molar-refractivity contribution is 7.90. The smallest absolute Gasteiger partial charge is 0.303 e. The molecular weight excluding hydrogens is 364 g/mol. The summed E-state index contributed by atoms with van der Waals surface area (Å²) in [5, 5.41) is 8.47. The average molecular weight is 391 g/mol. The summed E-state index contributed by atoms with van der Waals surface area (Å²) >= 11 is 0. The minimum absolute atomic E-state index is 0.0652. The number of pyridine rings is 1. The number of aliphatic carboxylic acids is 1. The van der Waals surface area contributed by atoms with Crippen molar-refractivity contribution in [1.82, 2.24) is 9.71 Å². The van der Waals surface area contributed by atoms with Crippen molar-refractivity contribution in [2.75, 3.05) is 6.54 Å². The van der Waals surface area contributed by atoms with E-state index in [-0.39, 0.29) is 6.42 Å². The van der Waals surface area contributed by atoms with Crippen molar-refractivity contribution < 1.29 is 18.3 Å². The molecule has 0 unspecified atom stereocenters. The summed E-state index contributed by atoms with van der Waals surface area (Å²) in [4.78, 5) is 15.0. The van der Waals surface area contributed by atoms with E-state index in [9.17, 15) is 13.2 Å². The lowest BCUT2D eigenvalue weighted by Gasteiger charge is -2.12. The third kappa shape index (κ3) is 7.11. The van der Waals surface area contributed by atoms with Crippen LogP contribution in [0, 0.1) is 0 Å². The molecule has 146 valence electrons. The predicted molar refractivity (Wildman–Crippen MR) is 105 cm³/mol. The predicted octanol–water partition coefficient (Wildman–Crippen LogP) is 2.56. The van der Waals surface area contributed by atoms with Gasteiger partial charge in [-0.25, -0.2) is 13.1 Å². The Labute approximate surface area is 160 Å². The van der Waals surface area contributed by atoms with Crippen molar-refractivity contribution in [3.63, 3.8) is 0 Å². The Morgan fingerprint density at radius 3 is 2.37 bits per heavy atom. The second kappa shape index (κ2) is 9.62. The summed E-state index contributed by atoms with van der Waals surface area (Å²) in [5.41, 5.74) is 4.07. The lowest BCUT2D eigenvalue weighted by molar-refractivity contribution is -0.136. The molecule has 1 aromatic carbocycles. The maximum Gasteiger partial charge on any atom is 0.303 e. The summed E-state index contributed by atoms with van der Waals surface area (Å²) in [6.45, 7) is 3.59. The van der Waals surface area contributed by atoms with Gasteiger partial charge in [-0.1, -0.05) is 24.3 Å². The van der Waals surface area contributed by atoms with Crippen LogP contribution in [0.1, 0.15) is 42.5 Å². The first-order chi connectivity index (χ1) is 12.8. The molecule has 2 rings (SSSR count). The van der Waals surface area contributed by atoms with Crippen molar-refractivity contribution in [2.24, 2.45) is 0 Å². The number of nitrogens with one attached hydrogen (secondary N) is 1. The molecule has 0 aliphatic carbocycles. The summed E-state index contributed by atoms with van der Waals surface area (Å²) < 4.78 is 26.4. The number of aryl methyl sites for hydroxylation is 1. The lowest BCUT2D eigenvalue weighted by atomic mass is 9.97. The fraction of sp³-hybridized carbons (Fsp3) is 0.400. The molecule has 7 heteroatoms. The van der Waals surface area contributed by atoms with Crippen molar-refractivity contribution in [3.05, 3.63) is 65.0 Å². The summed E-state index contributed by atoms with van der Waals surface area (Å²) in [5.74, 6) is -0.834. The van der Waals surface area contributed by atoms with Gasteiger partial charge in [0.2, 0.25) is 10.0 Å². The number of aromatic nitrogens is 1. The molecule has 0 radical (unpaired) electrons. The van der Waals surface area contributed by atoms with Crippen LogP contribution in [0.2, 0.25) is 0 Å². The van der Waals surface area contributed by atoms with Crippen LogP contribution in [0.25, 0.3) is 0 Å². The molecule has 0 fully saturated rings. The van der Waals surface area contributed by atoms with Crippen molar-refractivity contribution >= 4 is 16.0 Å². The van der Waals surface area contributed by atoms with Gasteiger partial charge in [0.15, 0.2) is 0 Å². The third-order valence-corrected chi connectivity index (χ3v) is 6.06.